The molecule has 0 saturated heterocycles. The van der Waals surface area contributed by atoms with Crippen molar-refractivity contribution in [2.75, 3.05) is 20.1 Å². The molecular weight excluding hydrogens is 291 g/mol. The Morgan fingerprint density at radius 1 is 1.33 bits per heavy atom. The van der Waals surface area contributed by atoms with E-state index in [0.29, 0.717) is 30.8 Å². The van der Waals surface area contributed by atoms with E-state index in [-0.39, 0.29) is 10.7 Å². The zero-order valence-electron chi connectivity index (χ0n) is 12.6. The summed E-state index contributed by atoms with van der Waals surface area (Å²) in [5.74, 6) is -0.349. The van der Waals surface area contributed by atoms with Crippen LogP contribution in [0.3, 0.4) is 0 Å². The Morgan fingerprint density at radius 2 is 2.05 bits per heavy atom. The highest BCUT2D eigenvalue weighted by Gasteiger charge is 2.26. The first-order chi connectivity index (χ1) is 9.86. The molecule has 6 heteroatoms. The molecule has 1 N–H and O–H groups in total. The number of hydrogen-bond donors (Lipinski definition) is 1. The lowest BCUT2D eigenvalue weighted by molar-refractivity contribution is 0.431. The van der Waals surface area contributed by atoms with E-state index in [2.05, 4.69) is 5.32 Å². The van der Waals surface area contributed by atoms with Crippen LogP contribution in [0.15, 0.2) is 28.7 Å². The first-order valence-corrected chi connectivity index (χ1v) is 8.39. The van der Waals surface area contributed by atoms with Crippen LogP contribution in [0.25, 0.3) is 0 Å². The van der Waals surface area contributed by atoms with Gasteiger partial charge in [-0.05, 0) is 45.0 Å². The third-order valence-corrected chi connectivity index (χ3v) is 5.55. The minimum absolute atomic E-state index is 0.166. The van der Waals surface area contributed by atoms with Gasteiger partial charge in [0.05, 0.1) is 4.90 Å². The Morgan fingerprint density at radius 3 is 2.62 bits per heavy atom. The summed E-state index contributed by atoms with van der Waals surface area (Å²) >= 11 is 0. The molecule has 0 aliphatic carbocycles. The van der Waals surface area contributed by atoms with Crippen molar-refractivity contribution in [2.24, 2.45) is 0 Å². The van der Waals surface area contributed by atoms with Crippen molar-refractivity contribution >= 4 is 10.0 Å². The first-order valence-electron chi connectivity index (χ1n) is 6.95. The normalized spacial score (nSPS) is 16.9. The Balaban J connectivity index is 2.41. The van der Waals surface area contributed by atoms with Crippen molar-refractivity contribution in [3.05, 3.63) is 40.7 Å². The van der Waals surface area contributed by atoms with E-state index < -0.39 is 10.0 Å². The number of aryl methyl sites for hydroxylation is 1. The Bertz CT molecular complexity index is 668. The molecule has 0 bridgehead atoms. The number of benzene rings is 1. The highest BCUT2D eigenvalue weighted by Crippen LogP contribution is 2.24. The van der Waals surface area contributed by atoms with Gasteiger partial charge in [-0.1, -0.05) is 11.6 Å². The van der Waals surface area contributed by atoms with E-state index in [1.807, 2.05) is 13.0 Å². The first kappa shape index (κ1) is 16.1. The summed E-state index contributed by atoms with van der Waals surface area (Å²) in [5.41, 5.74) is 1.93. The second kappa shape index (κ2) is 6.25. The largest absolute Gasteiger partial charge is 0.316 e. The lowest BCUT2D eigenvalue weighted by Gasteiger charge is -2.25. The summed E-state index contributed by atoms with van der Waals surface area (Å²) in [6.45, 7) is 4.74. The van der Waals surface area contributed by atoms with Gasteiger partial charge in [-0.3, -0.25) is 0 Å². The van der Waals surface area contributed by atoms with Crippen molar-refractivity contribution in [2.45, 2.75) is 31.7 Å². The predicted molar refractivity (Wildman–Crippen MR) is 81.0 cm³/mol. The molecule has 0 unspecified atom stereocenters. The lowest BCUT2D eigenvalue weighted by Crippen LogP contribution is -2.34. The van der Waals surface area contributed by atoms with Crippen molar-refractivity contribution < 1.29 is 12.8 Å². The molecular formula is C15H21FN2O2S. The second-order valence-electron chi connectivity index (χ2n) is 5.41. The van der Waals surface area contributed by atoms with Gasteiger partial charge >= 0.3 is 0 Å². The smallest absolute Gasteiger partial charge is 0.243 e. The van der Waals surface area contributed by atoms with Gasteiger partial charge in [-0.15, -0.1) is 0 Å². The van der Waals surface area contributed by atoms with Gasteiger partial charge in [0.15, 0.2) is 0 Å². The fourth-order valence-corrected chi connectivity index (χ4v) is 3.91. The Hall–Kier alpha value is -1.24. The topological polar surface area (TPSA) is 49.4 Å². The average Bonchev–Trinajstić information content (AvgIpc) is 2.44. The highest BCUT2D eigenvalue weighted by atomic mass is 32.2. The average molecular weight is 312 g/mol. The minimum atomic E-state index is -3.57. The molecule has 0 aromatic heterocycles. The van der Waals surface area contributed by atoms with E-state index in [1.165, 1.54) is 22.0 Å². The molecule has 4 nitrogen and oxygen atoms in total. The molecule has 0 atom stereocenters. The molecule has 116 valence electrons. The number of hydrogen-bond acceptors (Lipinski definition) is 3. The minimum Gasteiger partial charge on any atom is -0.316 e. The quantitative estimate of drug-likeness (QED) is 0.867. The third kappa shape index (κ3) is 3.33. The third-order valence-electron chi connectivity index (χ3n) is 3.71. The maximum Gasteiger partial charge on any atom is 0.243 e. The zero-order chi connectivity index (χ0) is 15.6. The molecule has 2 rings (SSSR count). The molecule has 1 aliphatic heterocycles. The zero-order valence-corrected chi connectivity index (χ0v) is 13.4. The monoisotopic (exact) mass is 312 g/mol. The predicted octanol–water partition coefficient (Wildman–Crippen LogP) is 2.19. The molecule has 0 spiro atoms. The number of nitrogens with zero attached hydrogens (tertiary/aromatic N) is 1. The maximum absolute atomic E-state index is 14.0. The van der Waals surface area contributed by atoms with Crippen LogP contribution in [0.1, 0.15) is 24.5 Å². The molecule has 21 heavy (non-hydrogen) atoms. The number of halogens is 1. The summed E-state index contributed by atoms with van der Waals surface area (Å²) in [7, 11) is -1.87. The second-order valence-corrected chi connectivity index (χ2v) is 7.35. The standard InChI is InChI=1S/C15H21FN2O2S/c1-11-4-6-18(7-5-11)21(19,20)14-8-12(2)15(16)13(9-14)10-17-3/h4,8-9,17H,5-7,10H2,1-3H3. The van der Waals surface area contributed by atoms with Crippen LogP contribution < -0.4 is 5.32 Å². The molecule has 0 amide bonds. The molecule has 1 heterocycles. The van der Waals surface area contributed by atoms with Crippen LogP contribution in [0.2, 0.25) is 0 Å². The molecule has 1 aromatic rings. The number of nitrogens with one attached hydrogen (secondary N) is 1. The molecule has 1 aromatic carbocycles. The van der Waals surface area contributed by atoms with E-state index in [0.717, 1.165) is 6.42 Å². The van der Waals surface area contributed by atoms with E-state index in [4.69, 9.17) is 0 Å². The summed E-state index contributed by atoms with van der Waals surface area (Å²) < 4.78 is 40.8. The van der Waals surface area contributed by atoms with Gasteiger partial charge in [0.1, 0.15) is 5.82 Å². The van der Waals surface area contributed by atoms with E-state index in [1.54, 1.807) is 14.0 Å². The van der Waals surface area contributed by atoms with Crippen molar-refractivity contribution in [1.82, 2.24) is 9.62 Å². The summed E-state index contributed by atoms with van der Waals surface area (Å²) in [6, 6.07) is 2.84. The lowest BCUT2D eigenvalue weighted by atomic mass is 10.1. The summed E-state index contributed by atoms with van der Waals surface area (Å²) in [6.07, 6.45) is 2.66. The van der Waals surface area contributed by atoms with Crippen LogP contribution in [-0.2, 0) is 16.6 Å². The van der Waals surface area contributed by atoms with Crippen molar-refractivity contribution in [1.29, 1.82) is 0 Å². The molecule has 0 radical (unpaired) electrons. The van der Waals surface area contributed by atoms with Crippen LogP contribution in [0.4, 0.5) is 4.39 Å². The van der Waals surface area contributed by atoms with Crippen LogP contribution in [-0.4, -0.2) is 32.9 Å². The Labute approximate surface area is 125 Å². The van der Waals surface area contributed by atoms with Gasteiger partial charge in [0, 0.05) is 25.2 Å². The maximum atomic E-state index is 14.0. The molecule has 1 aliphatic rings. The summed E-state index contributed by atoms with van der Waals surface area (Å²) in [5, 5.41) is 2.86. The van der Waals surface area contributed by atoms with E-state index in [9.17, 15) is 12.8 Å². The SMILES string of the molecule is CNCc1cc(S(=O)(=O)N2CC=C(C)CC2)cc(C)c1F. The van der Waals surface area contributed by atoms with Crippen LogP contribution >= 0.6 is 0 Å². The van der Waals surface area contributed by atoms with Gasteiger partial charge in [-0.2, -0.15) is 4.31 Å². The fraction of sp³-hybridized carbons (Fsp3) is 0.467. The number of sulfonamides is 1. The molecule has 0 fully saturated rings. The van der Waals surface area contributed by atoms with E-state index >= 15 is 0 Å². The van der Waals surface area contributed by atoms with Gasteiger partial charge < -0.3 is 5.32 Å². The van der Waals surface area contributed by atoms with Crippen molar-refractivity contribution in [3.8, 4) is 0 Å². The molecule has 0 saturated carbocycles. The number of rotatable bonds is 4. The van der Waals surface area contributed by atoms with Crippen LogP contribution in [0.5, 0.6) is 0 Å². The van der Waals surface area contributed by atoms with Crippen LogP contribution in [0, 0.1) is 12.7 Å². The van der Waals surface area contributed by atoms with Gasteiger partial charge in [0.2, 0.25) is 10.0 Å². The van der Waals surface area contributed by atoms with Crippen molar-refractivity contribution in [3.63, 3.8) is 0 Å². The van der Waals surface area contributed by atoms with Gasteiger partial charge in [0.25, 0.3) is 0 Å². The Kier molecular flexibility index (Phi) is 4.81. The highest BCUT2D eigenvalue weighted by molar-refractivity contribution is 7.89. The summed E-state index contributed by atoms with van der Waals surface area (Å²) in [4.78, 5) is 0.166. The van der Waals surface area contributed by atoms with Gasteiger partial charge in [-0.25, -0.2) is 12.8 Å². The fourth-order valence-electron chi connectivity index (χ4n) is 2.39.